The van der Waals surface area contributed by atoms with Crippen molar-refractivity contribution >= 4 is 11.9 Å². The zero-order valence-electron chi connectivity index (χ0n) is 25.5. The summed E-state index contributed by atoms with van der Waals surface area (Å²) in [5, 5.41) is 0. The Hall–Kier alpha value is -3.94. The van der Waals surface area contributed by atoms with E-state index < -0.39 is 0 Å². The molecule has 1 unspecified atom stereocenters. The van der Waals surface area contributed by atoms with E-state index in [1.807, 2.05) is 42.2 Å². The van der Waals surface area contributed by atoms with Gasteiger partial charge in [-0.1, -0.05) is 69.9 Å². The lowest BCUT2D eigenvalue weighted by molar-refractivity contribution is -0.148. The largest absolute Gasteiger partial charge is 0.493 e. The Morgan fingerprint density at radius 1 is 0.929 bits per heavy atom. The van der Waals surface area contributed by atoms with E-state index in [4.69, 9.17) is 14.5 Å². The number of benzene rings is 2. The van der Waals surface area contributed by atoms with Gasteiger partial charge in [-0.05, 0) is 44.5 Å². The minimum absolute atomic E-state index is 0.0862. The number of unbranched alkanes of at least 4 members (excludes halogenated alkanes) is 4. The molecule has 0 aliphatic heterocycles. The number of aromatic nitrogens is 2. The summed E-state index contributed by atoms with van der Waals surface area (Å²) in [4.78, 5) is 45.3. The molecule has 1 atom stereocenters. The first kappa shape index (κ1) is 32.6. The Balaban J connectivity index is 1.72. The van der Waals surface area contributed by atoms with Crippen LogP contribution in [0.3, 0.4) is 0 Å². The minimum atomic E-state index is -0.387. The topological polar surface area (TPSA) is 90.7 Å². The normalized spacial score (nSPS) is 11.6. The Bertz CT molecular complexity index is 1320. The van der Waals surface area contributed by atoms with Crippen LogP contribution in [0.1, 0.15) is 76.0 Å². The minimum Gasteiger partial charge on any atom is -0.493 e. The van der Waals surface area contributed by atoms with Crippen molar-refractivity contribution in [2.75, 3.05) is 26.3 Å². The van der Waals surface area contributed by atoms with E-state index in [0.717, 1.165) is 31.2 Å². The second-order valence-corrected chi connectivity index (χ2v) is 10.5. The SMILES string of the molecule is CCCCCCCN(CCn1c(CC)nc(-c2ccccc2)cc1=O)C(=O)c1ccc(OCC(C)C(=O)OCC)cc1. The van der Waals surface area contributed by atoms with E-state index in [-0.39, 0.29) is 30.0 Å². The third kappa shape index (κ3) is 9.57. The fourth-order valence-corrected chi connectivity index (χ4v) is 4.71. The van der Waals surface area contributed by atoms with Gasteiger partial charge in [-0.3, -0.25) is 19.0 Å². The maximum Gasteiger partial charge on any atom is 0.312 e. The molecule has 42 heavy (non-hydrogen) atoms. The standard InChI is InChI=1S/C34H45N3O5/c1-5-8-9-10-14-21-36(33(39)28-17-19-29(20-18-28)42-25-26(4)34(40)41-7-3)22-23-37-31(6-2)35-30(24-32(37)38)27-15-12-11-13-16-27/h11-13,15-20,24,26H,5-10,14,21-23,25H2,1-4H3. The molecule has 8 heteroatoms. The van der Waals surface area contributed by atoms with Gasteiger partial charge in [0.05, 0.1) is 18.2 Å². The first-order valence-corrected chi connectivity index (χ1v) is 15.2. The van der Waals surface area contributed by atoms with Crippen LogP contribution in [-0.2, 0) is 22.5 Å². The second kappa shape index (κ2) is 17.1. The first-order chi connectivity index (χ1) is 20.4. The van der Waals surface area contributed by atoms with E-state index in [1.54, 1.807) is 48.7 Å². The highest BCUT2D eigenvalue weighted by atomic mass is 16.5. The lowest BCUT2D eigenvalue weighted by Gasteiger charge is -2.24. The molecule has 0 aliphatic carbocycles. The average Bonchev–Trinajstić information content (AvgIpc) is 3.01. The van der Waals surface area contributed by atoms with E-state index >= 15 is 0 Å². The van der Waals surface area contributed by atoms with Gasteiger partial charge in [0.1, 0.15) is 18.2 Å². The molecule has 2 aromatic carbocycles. The third-order valence-corrected chi connectivity index (χ3v) is 7.18. The van der Waals surface area contributed by atoms with Gasteiger partial charge in [0.25, 0.3) is 11.5 Å². The summed E-state index contributed by atoms with van der Waals surface area (Å²) in [5.41, 5.74) is 2.00. The highest BCUT2D eigenvalue weighted by Gasteiger charge is 2.18. The summed E-state index contributed by atoms with van der Waals surface area (Å²) in [6, 6.07) is 18.3. The molecule has 226 valence electrons. The van der Waals surface area contributed by atoms with Crippen LogP contribution in [0.4, 0.5) is 0 Å². The van der Waals surface area contributed by atoms with E-state index in [9.17, 15) is 14.4 Å². The molecule has 0 bridgehead atoms. The monoisotopic (exact) mass is 575 g/mol. The fourth-order valence-electron chi connectivity index (χ4n) is 4.71. The number of aryl methyl sites for hydroxylation is 1. The van der Waals surface area contributed by atoms with Crippen LogP contribution in [0.15, 0.2) is 65.5 Å². The highest BCUT2D eigenvalue weighted by Crippen LogP contribution is 2.18. The number of ether oxygens (including phenoxy) is 2. The summed E-state index contributed by atoms with van der Waals surface area (Å²) in [5.74, 6) is 0.515. The smallest absolute Gasteiger partial charge is 0.312 e. The van der Waals surface area contributed by atoms with E-state index in [0.29, 0.717) is 55.5 Å². The van der Waals surface area contributed by atoms with Crippen LogP contribution in [0, 0.1) is 5.92 Å². The van der Waals surface area contributed by atoms with Crippen LogP contribution in [0.25, 0.3) is 11.3 Å². The van der Waals surface area contributed by atoms with Crippen molar-refractivity contribution in [3.05, 3.63) is 82.4 Å². The highest BCUT2D eigenvalue weighted by molar-refractivity contribution is 5.94. The molecule has 8 nitrogen and oxygen atoms in total. The molecule has 1 amide bonds. The number of rotatable bonds is 17. The number of hydrogen-bond acceptors (Lipinski definition) is 6. The number of amides is 1. The lowest BCUT2D eigenvalue weighted by atomic mass is 10.1. The molecule has 0 spiro atoms. The maximum absolute atomic E-state index is 13.6. The number of carbonyl (C=O) groups is 2. The molecule has 1 aromatic heterocycles. The van der Waals surface area contributed by atoms with Gasteiger partial charge >= 0.3 is 5.97 Å². The van der Waals surface area contributed by atoms with Crippen molar-refractivity contribution < 1.29 is 19.1 Å². The summed E-state index contributed by atoms with van der Waals surface area (Å²) in [7, 11) is 0. The van der Waals surface area contributed by atoms with E-state index in [2.05, 4.69) is 6.92 Å². The van der Waals surface area contributed by atoms with Crippen LogP contribution < -0.4 is 10.3 Å². The summed E-state index contributed by atoms with van der Waals surface area (Å²) < 4.78 is 12.5. The number of carbonyl (C=O) groups excluding carboxylic acids is 2. The number of nitrogens with zero attached hydrogens (tertiary/aromatic N) is 3. The van der Waals surface area contributed by atoms with Crippen molar-refractivity contribution in [1.29, 1.82) is 0 Å². The van der Waals surface area contributed by atoms with Crippen molar-refractivity contribution in [3.8, 4) is 17.0 Å². The fraction of sp³-hybridized carbons (Fsp3) is 0.471. The van der Waals surface area contributed by atoms with Crippen LogP contribution in [-0.4, -0.2) is 52.6 Å². The molecule has 0 saturated heterocycles. The quantitative estimate of drug-likeness (QED) is 0.141. The van der Waals surface area contributed by atoms with E-state index in [1.165, 1.54) is 6.42 Å². The van der Waals surface area contributed by atoms with Gasteiger partial charge in [-0.15, -0.1) is 0 Å². The molecular formula is C34H45N3O5. The summed E-state index contributed by atoms with van der Waals surface area (Å²) >= 11 is 0. The Kier molecular flexibility index (Phi) is 13.3. The summed E-state index contributed by atoms with van der Waals surface area (Å²) in [6.45, 7) is 9.62. The van der Waals surface area contributed by atoms with Crippen LogP contribution >= 0.6 is 0 Å². The Morgan fingerprint density at radius 2 is 1.64 bits per heavy atom. The third-order valence-electron chi connectivity index (χ3n) is 7.18. The molecule has 3 rings (SSSR count). The molecule has 1 heterocycles. The van der Waals surface area contributed by atoms with Crippen molar-refractivity contribution in [3.63, 3.8) is 0 Å². The molecule has 3 aromatic rings. The predicted octanol–water partition coefficient (Wildman–Crippen LogP) is 6.16. The van der Waals surface area contributed by atoms with Gasteiger partial charge in [0.15, 0.2) is 0 Å². The van der Waals surface area contributed by atoms with Gasteiger partial charge in [0, 0.05) is 43.2 Å². The average molecular weight is 576 g/mol. The molecule has 0 fully saturated rings. The molecule has 0 N–H and O–H groups in total. The van der Waals surface area contributed by atoms with Crippen molar-refractivity contribution in [2.45, 2.75) is 72.8 Å². The van der Waals surface area contributed by atoms with Gasteiger partial charge in [0.2, 0.25) is 0 Å². The maximum atomic E-state index is 13.6. The molecular weight excluding hydrogens is 530 g/mol. The molecule has 0 radical (unpaired) electrons. The van der Waals surface area contributed by atoms with Crippen LogP contribution in [0.5, 0.6) is 5.75 Å². The molecule has 0 saturated carbocycles. The van der Waals surface area contributed by atoms with Gasteiger partial charge in [-0.2, -0.15) is 0 Å². The zero-order valence-corrected chi connectivity index (χ0v) is 25.5. The van der Waals surface area contributed by atoms with Crippen LogP contribution in [0.2, 0.25) is 0 Å². The zero-order chi connectivity index (χ0) is 30.3. The lowest BCUT2D eigenvalue weighted by Crippen LogP contribution is -2.37. The van der Waals surface area contributed by atoms with Crippen molar-refractivity contribution in [2.24, 2.45) is 5.92 Å². The first-order valence-electron chi connectivity index (χ1n) is 15.2. The van der Waals surface area contributed by atoms with Gasteiger partial charge < -0.3 is 14.4 Å². The Labute approximate surface area is 249 Å². The van der Waals surface area contributed by atoms with Crippen molar-refractivity contribution in [1.82, 2.24) is 14.5 Å². The number of esters is 1. The number of hydrogen-bond donors (Lipinski definition) is 0. The predicted molar refractivity (Wildman–Crippen MR) is 166 cm³/mol. The Morgan fingerprint density at radius 3 is 2.31 bits per heavy atom. The summed E-state index contributed by atoms with van der Waals surface area (Å²) in [6.07, 6.45) is 6.04. The second-order valence-electron chi connectivity index (χ2n) is 10.5. The van der Waals surface area contributed by atoms with Gasteiger partial charge in [-0.25, -0.2) is 4.98 Å². The molecule has 0 aliphatic rings.